The van der Waals surface area contributed by atoms with Gasteiger partial charge in [-0.05, 0) is 25.8 Å². The van der Waals surface area contributed by atoms with Crippen LogP contribution in [-0.2, 0) is 4.74 Å². The summed E-state index contributed by atoms with van der Waals surface area (Å²) in [6.45, 7) is 10.7. The van der Waals surface area contributed by atoms with Crippen LogP contribution in [0.5, 0.6) is 0 Å². The molecule has 1 aliphatic rings. The van der Waals surface area contributed by atoms with E-state index < -0.39 is 0 Å². The first kappa shape index (κ1) is 14.9. The normalized spacial score (nSPS) is 30.2. The number of rotatable bonds is 6. The van der Waals surface area contributed by atoms with Crippen LogP contribution in [-0.4, -0.2) is 62.0 Å². The van der Waals surface area contributed by atoms with E-state index in [-0.39, 0.29) is 18.8 Å². The van der Waals surface area contributed by atoms with E-state index in [9.17, 15) is 5.11 Å². The highest BCUT2D eigenvalue weighted by Crippen LogP contribution is 2.23. The second-order valence-corrected chi connectivity index (χ2v) is 5.64. The highest BCUT2D eigenvalue weighted by Gasteiger charge is 2.30. The summed E-state index contributed by atoms with van der Waals surface area (Å²) in [5.41, 5.74) is 0.297. The topological polar surface area (TPSA) is 44.7 Å². The van der Waals surface area contributed by atoms with E-state index in [0.29, 0.717) is 5.41 Å². The van der Waals surface area contributed by atoms with Crippen LogP contribution in [0.25, 0.3) is 0 Å². The summed E-state index contributed by atoms with van der Waals surface area (Å²) in [7, 11) is 2.01. The first-order valence-corrected chi connectivity index (χ1v) is 6.66. The average molecular weight is 244 g/mol. The molecule has 0 amide bonds. The standard InChI is InChI=1S/C13H28N2O2/c1-5-13(3,9-14-4)10-15-6-11(2)17-12(7-15)8-16/h11-12,14,16H,5-10H2,1-4H3. The summed E-state index contributed by atoms with van der Waals surface area (Å²) >= 11 is 0. The first-order chi connectivity index (χ1) is 8.03. The van der Waals surface area contributed by atoms with Crippen molar-refractivity contribution in [1.82, 2.24) is 10.2 Å². The molecule has 17 heavy (non-hydrogen) atoms. The molecule has 0 saturated carbocycles. The molecule has 0 spiro atoms. The van der Waals surface area contributed by atoms with Gasteiger partial charge in [-0.2, -0.15) is 0 Å². The molecule has 0 aromatic rings. The summed E-state index contributed by atoms with van der Waals surface area (Å²) < 4.78 is 5.67. The number of aliphatic hydroxyl groups excluding tert-OH is 1. The molecule has 1 aliphatic heterocycles. The Balaban J connectivity index is 2.53. The van der Waals surface area contributed by atoms with Gasteiger partial charge < -0.3 is 15.2 Å². The number of nitrogens with one attached hydrogen (secondary N) is 1. The Bertz CT molecular complexity index is 225. The van der Waals surface area contributed by atoms with Crippen molar-refractivity contribution in [2.24, 2.45) is 5.41 Å². The Hall–Kier alpha value is -0.160. The van der Waals surface area contributed by atoms with Crippen LogP contribution in [0, 0.1) is 5.41 Å². The maximum atomic E-state index is 9.22. The quantitative estimate of drug-likeness (QED) is 0.722. The Labute approximate surface area is 105 Å². The van der Waals surface area contributed by atoms with E-state index in [0.717, 1.165) is 32.6 Å². The summed E-state index contributed by atoms with van der Waals surface area (Å²) in [5.74, 6) is 0. The van der Waals surface area contributed by atoms with Gasteiger partial charge >= 0.3 is 0 Å². The molecule has 102 valence electrons. The maximum absolute atomic E-state index is 9.22. The van der Waals surface area contributed by atoms with Crippen molar-refractivity contribution < 1.29 is 9.84 Å². The molecular formula is C13H28N2O2. The molecule has 3 unspecified atom stereocenters. The fourth-order valence-electron chi connectivity index (χ4n) is 2.63. The zero-order valence-electron chi connectivity index (χ0n) is 11.7. The number of hydrogen-bond acceptors (Lipinski definition) is 4. The Kier molecular flexibility index (Phi) is 5.86. The molecular weight excluding hydrogens is 216 g/mol. The van der Waals surface area contributed by atoms with Crippen LogP contribution in [0.1, 0.15) is 27.2 Å². The largest absolute Gasteiger partial charge is 0.394 e. The van der Waals surface area contributed by atoms with Crippen LogP contribution in [0.4, 0.5) is 0 Å². The van der Waals surface area contributed by atoms with Crippen molar-refractivity contribution in [3.05, 3.63) is 0 Å². The van der Waals surface area contributed by atoms with Crippen LogP contribution in [0.3, 0.4) is 0 Å². The van der Waals surface area contributed by atoms with Gasteiger partial charge in [0.15, 0.2) is 0 Å². The fourth-order valence-corrected chi connectivity index (χ4v) is 2.63. The Morgan fingerprint density at radius 1 is 1.47 bits per heavy atom. The third-order valence-electron chi connectivity index (χ3n) is 3.67. The van der Waals surface area contributed by atoms with Gasteiger partial charge in [0.25, 0.3) is 0 Å². The van der Waals surface area contributed by atoms with E-state index in [1.165, 1.54) is 0 Å². The molecule has 0 aromatic carbocycles. The van der Waals surface area contributed by atoms with Crippen molar-refractivity contribution >= 4 is 0 Å². The minimum absolute atomic E-state index is 0.0190. The van der Waals surface area contributed by atoms with Crippen molar-refractivity contribution in [2.75, 3.05) is 39.8 Å². The lowest BCUT2D eigenvalue weighted by Crippen LogP contribution is -2.52. The van der Waals surface area contributed by atoms with Crippen LogP contribution in [0.2, 0.25) is 0 Å². The van der Waals surface area contributed by atoms with Crippen molar-refractivity contribution in [2.45, 2.75) is 39.4 Å². The second kappa shape index (κ2) is 6.69. The molecule has 0 aliphatic carbocycles. The summed E-state index contributed by atoms with van der Waals surface area (Å²) in [6, 6.07) is 0. The number of hydrogen-bond donors (Lipinski definition) is 2. The lowest BCUT2D eigenvalue weighted by Gasteiger charge is -2.41. The maximum Gasteiger partial charge on any atom is 0.0936 e. The highest BCUT2D eigenvalue weighted by atomic mass is 16.5. The van der Waals surface area contributed by atoms with E-state index in [2.05, 4.69) is 31.0 Å². The molecule has 2 N–H and O–H groups in total. The summed E-state index contributed by atoms with van der Waals surface area (Å²) in [4.78, 5) is 2.43. The zero-order chi connectivity index (χ0) is 12.9. The van der Waals surface area contributed by atoms with Gasteiger partial charge in [-0.3, -0.25) is 4.90 Å². The van der Waals surface area contributed by atoms with Crippen LogP contribution < -0.4 is 5.32 Å². The molecule has 1 rings (SSSR count). The fraction of sp³-hybridized carbons (Fsp3) is 1.00. The van der Waals surface area contributed by atoms with Crippen LogP contribution in [0.15, 0.2) is 0 Å². The minimum Gasteiger partial charge on any atom is -0.394 e. The number of aliphatic hydroxyl groups is 1. The summed E-state index contributed by atoms with van der Waals surface area (Å²) in [5, 5.41) is 12.5. The molecule has 1 heterocycles. The van der Waals surface area contributed by atoms with E-state index in [1.54, 1.807) is 0 Å². The lowest BCUT2D eigenvalue weighted by atomic mass is 9.86. The minimum atomic E-state index is -0.0190. The lowest BCUT2D eigenvalue weighted by molar-refractivity contribution is -0.102. The molecule has 1 fully saturated rings. The Morgan fingerprint density at radius 3 is 2.71 bits per heavy atom. The molecule has 0 bridgehead atoms. The van der Waals surface area contributed by atoms with Gasteiger partial charge in [-0.1, -0.05) is 13.8 Å². The Morgan fingerprint density at radius 2 is 2.18 bits per heavy atom. The average Bonchev–Trinajstić information content (AvgIpc) is 2.28. The van der Waals surface area contributed by atoms with Gasteiger partial charge in [0.05, 0.1) is 18.8 Å². The predicted octanol–water partition coefficient (Wildman–Crippen LogP) is 0.704. The third-order valence-corrected chi connectivity index (χ3v) is 3.67. The molecule has 1 saturated heterocycles. The van der Waals surface area contributed by atoms with Crippen molar-refractivity contribution in [3.63, 3.8) is 0 Å². The van der Waals surface area contributed by atoms with Crippen molar-refractivity contribution in [1.29, 1.82) is 0 Å². The van der Waals surface area contributed by atoms with Gasteiger partial charge in [0.2, 0.25) is 0 Å². The first-order valence-electron chi connectivity index (χ1n) is 6.66. The second-order valence-electron chi connectivity index (χ2n) is 5.64. The monoisotopic (exact) mass is 244 g/mol. The zero-order valence-corrected chi connectivity index (χ0v) is 11.7. The third kappa shape index (κ3) is 4.54. The molecule has 0 aromatic heterocycles. The number of morpholine rings is 1. The molecule has 4 heteroatoms. The van der Waals surface area contributed by atoms with Gasteiger partial charge in [0.1, 0.15) is 0 Å². The molecule has 4 nitrogen and oxygen atoms in total. The van der Waals surface area contributed by atoms with Crippen molar-refractivity contribution in [3.8, 4) is 0 Å². The van der Waals surface area contributed by atoms with E-state index in [1.807, 2.05) is 7.05 Å². The number of ether oxygens (including phenoxy) is 1. The van der Waals surface area contributed by atoms with Crippen LogP contribution >= 0.6 is 0 Å². The smallest absolute Gasteiger partial charge is 0.0936 e. The SMILES string of the molecule is CCC(C)(CNC)CN1CC(C)OC(CO)C1. The highest BCUT2D eigenvalue weighted by molar-refractivity contribution is 4.83. The predicted molar refractivity (Wildman–Crippen MR) is 70.2 cm³/mol. The molecule has 0 radical (unpaired) electrons. The molecule has 3 atom stereocenters. The van der Waals surface area contributed by atoms with Gasteiger partial charge in [0, 0.05) is 26.2 Å². The number of nitrogens with zero attached hydrogens (tertiary/aromatic N) is 1. The van der Waals surface area contributed by atoms with E-state index >= 15 is 0 Å². The van der Waals surface area contributed by atoms with Gasteiger partial charge in [-0.25, -0.2) is 0 Å². The summed E-state index contributed by atoms with van der Waals surface area (Å²) in [6.07, 6.45) is 1.36. The van der Waals surface area contributed by atoms with E-state index in [4.69, 9.17) is 4.74 Å². The van der Waals surface area contributed by atoms with Gasteiger partial charge in [-0.15, -0.1) is 0 Å².